The number of esters is 1. The molecule has 0 unspecified atom stereocenters. The summed E-state index contributed by atoms with van der Waals surface area (Å²) in [5.41, 5.74) is 6.10. The number of nitrogens with zero attached hydrogens (tertiary/aromatic N) is 1. The van der Waals surface area contributed by atoms with Gasteiger partial charge in [0.1, 0.15) is 5.60 Å². The third-order valence-electron chi connectivity index (χ3n) is 1.75. The van der Waals surface area contributed by atoms with E-state index in [1.807, 2.05) is 20.8 Å². The van der Waals surface area contributed by atoms with Crippen LogP contribution in [0.3, 0.4) is 0 Å². The first kappa shape index (κ1) is 13.1. The largest absolute Gasteiger partial charge is 0.456 e. The standard InChI is InChI=1S/C11H15BrN2O2/c1-11(2,3)16-10(15)7-4-8(12)9(5-13)14-6-7/h4,6H,5,13H2,1-3H3. The lowest BCUT2D eigenvalue weighted by atomic mass is 10.2. The van der Waals surface area contributed by atoms with E-state index < -0.39 is 5.60 Å². The highest BCUT2D eigenvalue weighted by molar-refractivity contribution is 9.10. The second-order valence-electron chi connectivity index (χ2n) is 4.36. The first-order chi connectivity index (χ1) is 7.33. The van der Waals surface area contributed by atoms with Gasteiger partial charge in [-0.25, -0.2) is 4.79 Å². The summed E-state index contributed by atoms with van der Waals surface area (Å²) in [6, 6.07) is 1.67. The average molecular weight is 287 g/mol. The molecule has 0 amide bonds. The maximum atomic E-state index is 11.7. The zero-order valence-corrected chi connectivity index (χ0v) is 11.2. The summed E-state index contributed by atoms with van der Waals surface area (Å²) in [6.45, 7) is 5.79. The van der Waals surface area contributed by atoms with Crippen LogP contribution in [0.5, 0.6) is 0 Å². The highest BCUT2D eigenvalue weighted by Gasteiger charge is 2.18. The molecule has 0 saturated carbocycles. The Morgan fingerprint density at radius 3 is 2.62 bits per heavy atom. The fraction of sp³-hybridized carbons (Fsp3) is 0.455. The van der Waals surface area contributed by atoms with Crippen LogP contribution in [0.2, 0.25) is 0 Å². The number of pyridine rings is 1. The van der Waals surface area contributed by atoms with Gasteiger partial charge < -0.3 is 10.5 Å². The first-order valence-electron chi connectivity index (χ1n) is 4.91. The number of hydrogen-bond donors (Lipinski definition) is 1. The molecule has 1 rings (SSSR count). The highest BCUT2D eigenvalue weighted by Crippen LogP contribution is 2.18. The maximum absolute atomic E-state index is 11.7. The van der Waals surface area contributed by atoms with Gasteiger partial charge in [-0.3, -0.25) is 4.98 Å². The Balaban J connectivity index is 2.89. The minimum Gasteiger partial charge on any atom is -0.456 e. The topological polar surface area (TPSA) is 65.2 Å². The van der Waals surface area contributed by atoms with Crippen molar-refractivity contribution in [1.82, 2.24) is 4.98 Å². The SMILES string of the molecule is CC(C)(C)OC(=O)c1cnc(CN)c(Br)c1. The fourth-order valence-electron chi connectivity index (χ4n) is 1.07. The average Bonchev–Trinajstić information content (AvgIpc) is 2.15. The molecule has 1 aromatic heterocycles. The van der Waals surface area contributed by atoms with E-state index in [1.165, 1.54) is 6.20 Å². The van der Waals surface area contributed by atoms with Gasteiger partial charge in [0, 0.05) is 17.2 Å². The van der Waals surface area contributed by atoms with Crippen molar-refractivity contribution in [2.45, 2.75) is 32.9 Å². The maximum Gasteiger partial charge on any atom is 0.340 e. The number of carbonyl (C=O) groups is 1. The van der Waals surface area contributed by atoms with E-state index in [0.29, 0.717) is 17.8 Å². The van der Waals surface area contributed by atoms with Gasteiger partial charge >= 0.3 is 5.97 Å². The Kier molecular flexibility index (Phi) is 4.04. The van der Waals surface area contributed by atoms with E-state index in [0.717, 1.165) is 4.47 Å². The van der Waals surface area contributed by atoms with Crippen molar-refractivity contribution in [3.8, 4) is 0 Å². The van der Waals surface area contributed by atoms with Gasteiger partial charge in [-0.2, -0.15) is 0 Å². The first-order valence-corrected chi connectivity index (χ1v) is 5.70. The molecule has 16 heavy (non-hydrogen) atoms. The number of ether oxygens (including phenoxy) is 1. The van der Waals surface area contributed by atoms with Gasteiger partial charge in [-0.05, 0) is 42.8 Å². The van der Waals surface area contributed by atoms with E-state index in [9.17, 15) is 4.79 Å². The lowest BCUT2D eigenvalue weighted by Crippen LogP contribution is -2.24. The molecular formula is C11H15BrN2O2. The molecule has 4 nitrogen and oxygen atoms in total. The van der Waals surface area contributed by atoms with E-state index in [4.69, 9.17) is 10.5 Å². The van der Waals surface area contributed by atoms with Gasteiger partial charge in [0.25, 0.3) is 0 Å². The predicted molar refractivity (Wildman–Crippen MR) is 65.0 cm³/mol. The van der Waals surface area contributed by atoms with Crippen LogP contribution in [0.4, 0.5) is 0 Å². The molecule has 0 aliphatic carbocycles. The molecule has 0 atom stereocenters. The van der Waals surface area contributed by atoms with Gasteiger partial charge in [-0.1, -0.05) is 0 Å². The van der Waals surface area contributed by atoms with Crippen LogP contribution in [0.25, 0.3) is 0 Å². The molecule has 0 aromatic carbocycles. The monoisotopic (exact) mass is 286 g/mol. The molecule has 1 aromatic rings. The third kappa shape index (κ3) is 3.57. The number of nitrogens with two attached hydrogens (primary N) is 1. The molecule has 2 N–H and O–H groups in total. The van der Waals surface area contributed by atoms with Crippen LogP contribution in [0.1, 0.15) is 36.8 Å². The summed E-state index contributed by atoms with van der Waals surface area (Å²) >= 11 is 3.30. The summed E-state index contributed by atoms with van der Waals surface area (Å²) in [4.78, 5) is 15.8. The van der Waals surface area contributed by atoms with Crippen molar-refractivity contribution in [2.24, 2.45) is 5.73 Å². The number of rotatable bonds is 2. The van der Waals surface area contributed by atoms with Gasteiger partial charge in [0.05, 0.1) is 11.3 Å². The molecule has 0 radical (unpaired) electrons. The molecule has 88 valence electrons. The Morgan fingerprint density at radius 2 is 2.19 bits per heavy atom. The van der Waals surface area contributed by atoms with E-state index in [-0.39, 0.29) is 5.97 Å². The number of halogens is 1. The molecule has 0 spiro atoms. The Morgan fingerprint density at radius 1 is 1.56 bits per heavy atom. The number of aromatic nitrogens is 1. The van der Waals surface area contributed by atoms with Gasteiger partial charge in [0.15, 0.2) is 0 Å². The van der Waals surface area contributed by atoms with Crippen molar-refractivity contribution in [2.75, 3.05) is 0 Å². The van der Waals surface area contributed by atoms with Crippen LogP contribution in [-0.2, 0) is 11.3 Å². The second kappa shape index (κ2) is 4.93. The fourth-order valence-corrected chi connectivity index (χ4v) is 1.58. The van der Waals surface area contributed by atoms with Crippen molar-refractivity contribution in [1.29, 1.82) is 0 Å². The Hall–Kier alpha value is -0.940. The number of hydrogen-bond acceptors (Lipinski definition) is 4. The number of carbonyl (C=O) groups excluding carboxylic acids is 1. The van der Waals surface area contributed by atoms with Crippen molar-refractivity contribution < 1.29 is 9.53 Å². The molecular weight excluding hydrogens is 272 g/mol. The molecule has 0 saturated heterocycles. The van der Waals surface area contributed by atoms with Crippen molar-refractivity contribution in [3.63, 3.8) is 0 Å². The van der Waals surface area contributed by atoms with Crippen molar-refractivity contribution >= 4 is 21.9 Å². The van der Waals surface area contributed by atoms with Gasteiger partial charge in [0.2, 0.25) is 0 Å². The molecule has 0 fully saturated rings. The summed E-state index contributed by atoms with van der Waals surface area (Å²) in [5, 5.41) is 0. The molecule has 5 heteroatoms. The normalized spacial score (nSPS) is 11.3. The van der Waals surface area contributed by atoms with E-state index in [1.54, 1.807) is 6.07 Å². The Bertz CT molecular complexity index is 399. The lowest BCUT2D eigenvalue weighted by molar-refractivity contribution is 0.00690. The van der Waals surface area contributed by atoms with Crippen LogP contribution < -0.4 is 5.73 Å². The molecule has 1 heterocycles. The van der Waals surface area contributed by atoms with E-state index in [2.05, 4.69) is 20.9 Å². The smallest absolute Gasteiger partial charge is 0.340 e. The van der Waals surface area contributed by atoms with Crippen LogP contribution in [-0.4, -0.2) is 16.6 Å². The van der Waals surface area contributed by atoms with E-state index >= 15 is 0 Å². The molecule has 0 bridgehead atoms. The lowest BCUT2D eigenvalue weighted by Gasteiger charge is -2.19. The summed E-state index contributed by atoms with van der Waals surface area (Å²) in [6.07, 6.45) is 1.47. The summed E-state index contributed by atoms with van der Waals surface area (Å²) < 4.78 is 5.94. The quantitative estimate of drug-likeness (QED) is 0.847. The van der Waals surface area contributed by atoms with Gasteiger partial charge in [-0.15, -0.1) is 0 Å². The second-order valence-corrected chi connectivity index (χ2v) is 5.21. The molecule has 0 aliphatic heterocycles. The predicted octanol–water partition coefficient (Wildman–Crippen LogP) is 2.26. The Labute approximate surface area is 103 Å². The van der Waals surface area contributed by atoms with Crippen LogP contribution >= 0.6 is 15.9 Å². The van der Waals surface area contributed by atoms with Crippen LogP contribution in [0, 0.1) is 0 Å². The highest BCUT2D eigenvalue weighted by atomic mass is 79.9. The zero-order chi connectivity index (χ0) is 12.3. The molecule has 0 aliphatic rings. The zero-order valence-electron chi connectivity index (χ0n) is 9.58. The summed E-state index contributed by atoms with van der Waals surface area (Å²) in [7, 11) is 0. The van der Waals surface area contributed by atoms with Crippen LogP contribution in [0.15, 0.2) is 16.7 Å². The minimum absolute atomic E-state index is 0.329. The minimum atomic E-state index is -0.504. The van der Waals surface area contributed by atoms with Crippen molar-refractivity contribution in [3.05, 3.63) is 28.0 Å². The summed E-state index contributed by atoms with van der Waals surface area (Å²) in [5.74, 6) is -0.385. The third-order valence-corrected chi connectivity index (χ3v) is 2.43.